The lowest BCUT2D eigenvalue weighted by atomic mass is 10.2. The summed E-state index contributed by atoms with van der Waals surface area (Å²) in [4.78, 5) is 19.0. The number of rotatable bonds is 2. The van der Waals surface area contributed by atoms with Crippen LogP contribution in [0.2, 0.25) is 0 Å². The Labute approximate surface area is 100 Å². The van der Waals surface area contributed by atoms with Crippen molar-refractivity contribution in [1.82, 2.24) is 15.4 Å². The van der Waals surface area contributed by atoms with E-state index in [0.29, 0.717) is 5.82 Å². The predicted octanol–water partition coefficient (Wildman–Crippen LogP) is 1.86. The molecule has 2 N–H and O–H groups in total. The molecule has 1 heterocycles. The molecule has 0 radical (unpaired) electrons. The van der Waals surface area contributed by atoms with Crippen molar-refractivity contribution in [3.05, 3.63) is 29.0 Å². The second kappa shape index (κ2) is 4.44. The number of halogens is 1. The lowest BCUT2D eigenvalue weighted by Crippen LogP contribution is -2.27. The Hall–Kier alpha value is -1.69. The first-order valence-corrected chi connectivity index (χ1v) is 5.39. The largest absolute Gasteiger partial charge is 0.281 e. The highest BCUT2D eigenvalue weighted by atomic mass is 79.9. The third kappa shape index (κ3) is 2.27. The summed E-state index contributed by atoms with van der Waals surface area (Å²) in [5.41, 5.74) is 6.03. The zero-order valence-electron chi connectivity index (χ0n) is 8.49. The maximum atomic E-state index is 10.8. The molecule has 0 aliphatic heterocycles. The van der Waals surface area contributed by atoms with E-state index in [1.165, 1.54) is 13.3 Å². The highest BCUT2D eigenvalue weighted by Gasteiger charge is 2.03. The van der Waals surface area contributed by atoms with Crippen LogP contribution in [0.3, 0.4) is 0 Å². The molecule has 0 fully saturated rings. The van der Waals surface area contributed by atoms with E-state index >= 15 is 0 Å². The highest BCUT2D eigenvalue weighted by Crippen LogP contribution is 2.22. The van der Waals surface area contributed by atoms with E-state index in [1.807, 2.05) is 18.2 Å². The van der Waals surface area contributed by atoms with Gasteiger partial charge in [-0.3, -0.25) is 15.6 Å². The molecule has 5 nitrogen and oxygen atoms in total. The Morgan fingerprint density at radius 1 is 1.38 bits per heavy atom. The van der Waals surface area contributed by atoms with Gasteiger partial charge in [-0.05, 0) is 18.2 Å². The first kappa shape index (κ1) is 10.8. The van der Waals surface area contributed by atoms with Crippen molar-refractivity contribution in [3.63, 3.8) is 0 Å². The van der Waals surface area contributed by atoms with E-state index in [-0.39, 0.29) is 5.91 Å². The molecule has 0 aliphatic carbocycles. The van der Waals surface area contributed by atoms with E-state index in [2.05, 4.69) is 36.7 Å². The minimum atomic E-state index is -0.179. The van der Waals surface area contributed by atoms with Crippen LogP contribution in [0, 0.1) is 0 Å². The average molecular weight is 281 g/mol. The molecular formula is C10H9BrN4O. The summed E-state index contributed by atoms with van der Waals surface area (Å²) in [5.74, 6) is 0.392. The first-order valence-electron chi connectivity index (χ1n) is 4.59. The van der Waals surface area contributed by atoms with Gasteiger partial charge in [0.25, 0.3) is 0 Å². The van der Waals surface area contributed by atoms with Crippen LogP contribution in [-0.2, 0) is 4.79 Å². The third-order valence-corrected chi connectivity index (χ3v) is 2.45. The molecule has 0 saturated heterocycles. The van der Waals surface area contributed by atoms with Crippen molar-refractivity contribution in [2.45, 2.75) is 6.92 Å². The second-order valence-electron chi connectivity index (χ2n) is 3.19. The topological polar surface area (TPSA) is 66.9 Å². The number of fused-ring (bicyclic) bond motifs is 1. The Kier molecular flexibility index (Phi) is 3.00. The Morgan fingerprint density at radius 3 is 2.94 bits per heavy atom. The number of hydrogen-bond donors (Lipinski definition) is 2. The maximum Gasteiger partial charge on any atom is 0.235 e. The molecule has 1 aromatic heterocycles. The minimum absolute atomic E-state index is 0.179. The molecule has 1 amide bonds. The number of nitrogens with one attached hydrogen (secondary N) is 2. The number of anilines is 1. The van der Waals surface area contributed by atoms with Gasteiger partial charge in [-0.1, -0.05) is 15.9 Å². The van der Waals surface area contributed by atoms with Crippen LogP contribution in [0.15, 0.2) is 29.0 Å². The zero-order valence-corrected chi connectivity index (χ0v) is 10.1. The van der Waals surface area contributed by atoms with Crippen LogP contribution in [-0.4, -0.2) is 15.9 Å². The number of hydrazine groups is 1. The standard InChI is InChI=1S/C10H9BrN4O/c1-6(16)14-15-10-8-4-7(11)2-3-9(8)12-5-13-10/h2-5H,1H3,(H,14,16)(H,12,13,15). The van der Waals surface area contributed by atoms with Crippen LogP contribution in [0.1, 0.15) is 6.92 Å². The Bertz CT molecular complexity index is 543. The average Bonchev–Trinajstić information content (AvgIpc) is 2.26. The Morgan fingerprint density at radius 2 is 2.19 bits per heavy atom. The number of carbonyl (C=O) groups is 1. The van der Waals surface area contributed by atoms with Crippen LogP contribution in [0.4, 0.5) is 5.82 Å². The van der Waals surface area contributed by atoms with Crippen molar-refractivity contribution in [2.24, 2.45) is 0 Å². The second-order valence-corrected chi connectivity index (χ2v) is 4.11. The molecule has 82 valence electrons. The summed E-state index contributed by atoms with van der Waals surface area (Å²) >= 11 is 3.38. The van der Waals surface area contributed by atoms with Gasteiger partial charge >= 0.3 is 0 Å². The van der Waals surface area contributed by atoms with E-state index in [1.54, 1.807) is 0 Å². The number of carbonyl (C=O) groups excluding carboxylic acids is 1. The monoisotopic (exact) mass is 280 g/mol. The van der Waals surface area contributed by atoms with Crippen molar-refractivity contribution >= 4 is 38.6 Å². The summed E-state index contributed by atoms with van der Waals surface area (Å²) in [6.45, 7) is 1.42. The summed E-state index contributed by atoms with van der Waals surface area (Å²) < 4.78 is 0.931. The van der Waals surface area contributed by atoms with Crippen LogP contribution in [0.5, 0.6) is 0 Å². The van der Waals surface area contributed by atoms with Crippen molar-refractivity contribution in [2.75, 3.05) is 5.43 Å². The van der Waals surface area contributed by atoms with Crippen molar-refractivity contribution in [1.29, 1.82) is 0 Å². The minimum Gasteiger partial charge on any atom is -0.281 e. The molecule has 0 aliphatic rings. The van der Waals surface area contributed by atoms with Gasteiger partial charge in [0, 0.05) is 16.8 Å². The molecule has 0 saturated carbocycles. The summed E-state index contributed by atoms with van der Waals surface area (Å²) in [7, 11) is 0. The van der Waals surface area contributed by atoms with Gasteiger partial charge in [0.15, 0.2) is 5.82 Å². The molecule has 6 heteroatoms. The Balaban J connectivity index is 2.43. The SMILES string of the molecule is CC(=O)NNc1ncnc2ccc(Br)cc12. The number of amides is 1. The predicted molar refractivity (Wildman–Crippen MR) is 64.7 cm³/mol. The van der Waals surface area contributed by atoms with Crippen LogP contribution >= 0.6 is 15.9 Å². The molecule has 0 spiro atoms. The number of benzene rings is 1. The van der Waals surface area contributed by atoms with E-state index in [9.17, 15) is 4.79 Å². The summed E-state index contributed by atoms with van der Waals surface area (Å²) in [6, 6.07) is 5.66. The fourth-order valence-corrected chi connectivity index (χ4v) is 1.64. The fraction of sp³-hybridized carbons (Fsp3) is 0.100. The first-order chi connectivity index (χ1) is 7.66. The normalized spacial score (nSPS) is 10.1. The van der Waals surface area contributed by atoms with Gasteiger partial charge in [-0.25, -0.2) is 9.97 Å². The van der Waals surface area contributed by atoms with Gasteiger partial charge < -0.3 is 0 Å². The zero-order chi connectivity index (χ0) is 11.5. The lowest BCUT2D eigenvalue weighted by molar-refractivity contribution is -0.118. The number of nitrogens with zero attached hydrogens (tertiary/aromatic N) is 2. The summed E-state index contributed by atoms with van der Waals surface area (Å²) in [6.07, 6.45) is 1.44. The van der Waals surface area contributed by atoms with Crippen molar-refractivity contribution in [3.8, 4) is 0 Å². The van der Waals surface area contributed by atoms with Gasteiger partial charge in [0.05, 0.1) is 5.52 Å². The molecular weight excluding hydrogens is 272 g/mol. The molecule has 16 heavy (non-hydrogen) atoms. The van der Waals surface area contributed by atoms with Gasteiger partial charge in [0.1, 0.15) is 6.33 Å². The van der Waals surface area contributed by atoms with Crippen molar-refractivity contribution < 1.29 is 4.79 Å². The molecule has 2 aromatic rings. The van der Waals surface area contributed by atoms with Gasteiger partial charge in [-0.15, -0.1) is 0 Å². The quantitative estimate of drug-likeness (QED) is 0.824. The van der Waals surface area contributed by atoms with Crippen LogP contribution < -0.4 is 10.9 Å². The lowest BCUT2D eigenvalue weighted by Gasteiger charge is -2.08. The highest BCUT2D eigenvalue weighted by molar-refractivity contribution is 9.10. The van der Waals surface area contributed by atoms with Gasteiger partial charge in [-0.2, -0.15) is 0 Å². The third-order valence-electron chi connectivity index (χ3n) is 1.95. The molecule has 0 bridgehead atoms. The number of aromatic nitrogens is 2. The molecule has 1 aromatic carbocycles. The summed E-state index contributed by atoms with van der Waals surface area (Å²) in [5, 5.41) is 0.839. The van der Waals surface area contributed by atoms with E-state index in [4.69, 9.17) is 0 Å². The van der Waals surface area contributed by atoms with Gasteiger partial charge in [0.2, 0.25) is 5.91 Å². The smallest absolute Gasteiger partial charge is 0.235 e. The number of hydrogen-bond acceptors (Lipinski definition) is 4. The van der Waals surface area contributed by atoms with Crippen LogP contribution in [0.25, 0.3) is 10.9 Å². The van der Waals surface area contributed by atoms with E-state index < -0.39 is 0 Å². The molecule has 0 atom stereocenters. The molecule has 2 rings (SSSR count). The maximum absolute atomic E-state index is 10.8. The fourth-order valence-electron chi connectivity index (χ4n) is 1.28. The van der Waals surface area contributed by atoms with E-state index in [0.717, 1.165) is 15.4 Å². The molecule has 0 unspecified atom stereocenters.